The van der Waals surface area contributed by atoms with E-state index in [2.05, 4.69) is 6.08 Å². The molecule has 66 valence electrons. The van der Waals surface area contributed by atoms with Crippen LogP contribution in [0.4, 0.5) is 0 Å². The van der Waals surface area contributed by atoms with E-state index in [0.29, 0.717) is 0 Å². The fourth-order valence-corrected chi connectivity index (χ4v) is 1.03. The zero-order chi connectivity index (χ0) is 8.36. The number of unbranched alkanes of at least 4 members (excludes halogenated alkanes) is 3. The van der Waals surface area contributed by atoms with Crippen LogP contribution in [-0.2, 0) is 0 Å². The van der Waals surface area contributed by atoms with Gasteiger partial charge in [-0.1, -0.05) is 18.6 Å². The Kier molecular flexibility index (Phi) is 9.98. The number of aliphatic hydroxyl groups excluding tert-OH is 1. The van der Waals surface area contributed by atoms with Gasteiger partial charge >= 0.3 is 0 Å². The van der Waals surface area contributed by atoms with E-state index in [4.69, 9.17) is 16.7 Å². The molecule has 0 aliphatic carbocycles. The highest BCUT2D eigenvalue weighted by Gasteiger charge is 1.84. The van der Waals surface area contributed by atoms with Gasteiger partial charge in [0.15, 0.2) is 0 Å². The van der Waals surface area contributed by atoms with Gasteiger partial charge in [0.05, 0.1) is 0 Å². The topological polar surface area (TPSA) is 20.2 Å². The van der Waals surface area contributed by atoms with Crippen molar-refractivity contribution in [1.29, 1.82) is 0 Å². The summed E-state index contributed by atoms with van der Waals surface area (Å²) in [6, 6.07) is 0. The highest BCUT2D eigenvalue weighted by Crippen LogP contribution is 2.01. The van der Waals surface area contributed by atoms with Crippen LogP contribution in [0.3, 0.4) is 0 Å². The summed E-state index contributed by atoms with van der Waals surface area (Å²) in [5.41, 5.74) is 0. The van der Waals surface area contributed by atoms with Crippen molar-refractivity contribution >= 4 is 11.6 Å². The Hall–Kier alpha value is -0.0100. The van der Waals surface area contributed by atoms with Crippen molar-refractivity contribution in [2.45, 2.75) is 32.1 Å². The SMILES string of the molecule is OCC/C=C/CCCCCCl. The van der Waals surface area contributed by atoms with Crippen molar-refractivity contribution in [2.75, 3.05) is 12.5 Å². The first kappa shape index (κ1) is 11.0. The van der Waals surface area contributed by atoms with Crippen molar-refractivity contribution in [3.05, 3.63) is 12.2 Å². The molecule has 0 aliphatic rings. The average Bonchev–Trinajstić information content (AvgIpc) is 2.03. The van der Waals surface area contributed by atoms with Crippen LogP contribution in [0.15, 0.2) is 12.2 Å². The molecule has 0 unspecified atom stereocenters. The summed E-state index contributed by atoms with van der Waals surface area (Å²) in [5.74, 6) is 0.778. The third-order valence-corrected chi connectivity index (χ3v) is 1.73. The van der Waals surface area contributed by atoms with Gasteiger partial charge in [0, 0.05) is 12.5 Å². The maximum absolute atomic E-state index is 8.44. The fraction of sp³-hybridized carbons (Fsp3) is 0.778. The number of alkyl halides is 1. The molecule has 1 nitrogen and oxygen atoms in total. The molecule has 0 spiro atoms. The predicted molar refractivity (Wildman–Crippen MR) is 50.0 cm³/mol. The Morgan fingerprint density at radius 1 is 1.00 bits per heavy atom. The van der Waals surface area contributed by atoms with E-state index in [1.807, 2.05) is 6.08 Å². The molecular formula is C9H17ClO. The van der Waals surface area contributed by atoms with E-state index >= 15 is 0 Å². The van der Waals surface area contributed by atoms with Gasteiger partial charge in [-0.25, -0.2) is 0 Å². The van der Waals surface area contributed by atoms with Gasteiger partial charge in [-0.2, -0.15) is 0 Å². The van der Waals surface area contributed by atoms with Crippen molar-refractivity contribution in [3.63, 3.8) is 0 Å². The monoisotopic (exact) mass is 176 g/mol. The zero-order valence-corrected chi connectivity index (χ0v) is 7.69. The van der Waals surface area contributed by atoms with Gasteiger partial charge < -0.3 is 5.11 Å². The molecule has 11 heavy (non-hydrogen) atoms. The molecule has 2 heteroatoms. The molecule has 0 heterocycles. The lowest BCUT2D eigenvalue weighted by Gasteiger charge is -1.92. The summed E-state index contributed by atoms with van der Waals surface area (Å²) in [6.07, 6.45) is 9.62. The minimum absolute atomic E-state index is 0.262. The Labute approximate surface area is 74.1 Å². The summed E-state index contributed by atoms with van der Waals surface area (Å²) in [5, 5.41) is 8.44. The van der Waals surface area contributed by atoms with Crippen molar-refractivity contribution in [2.24, 2.45) is 0 Å². The molecule has 0 amide bonds. The van der Waals surface area contributed by atoms with Crippen LogP contribution in [0.5, 0.6) is 0 Å². The van der Waals surface area contributed by atoms with Gasteiger partial charge in [0.1, 0.15) is 0 Å². The summed E-state index contributed by atoms with van der Waals surface area (Å²) < 4.78 is 0. The first-order valence-electron chi connectivity index (χ1n) is 4.23. The molecule has 0 fully saturated rings. The third-order valence-electron chi connectivity index (χ3n) is 1.47. The first-order valence-corrected chi connectivity index (χ1v) is 4.77. The van der Waals surface area contributed by atoms with Crippen molar-refractivity contribution in [1.82, 2.24) is 0 Å². The summed E-state index contributed by atoms with van der Waals surface area (Å²) in [4.78, 5) is 0. The van der Waals surface area contributed by atoms with Crippen LogP contribution in [0.25, 0.3) is 0 Å². The zero-order valence-electron chi connectivity index (χ0n) is 6.93. The van der Waals surface area contributed by atoms with E-state index in [9.17, 15) is 0 Å². The molecule has 0 rings (SSSR count). The molecule has 0 saturated carbocycles. The molecule has 0 aromatic heterocycles. The number of hydrogen-bond donors (Lipinski definition) is 1. The quantitative estimate of drug-likeness (QED) is 0.359. The lowest BCUT2D eigenvalue weighted by Crippen LogP contribution is -1.78. The van der Waals surface area contributed by atoms with Crippen molar-refractivity contribution in [3.8, 4) is 0 Å². The van der Waals surface area contributed by atoms with Crippen LogP contribution in [0.2, 0.25) is 0 Å². The maximum Gasteiger partial charge on any atom is 0.0465 e. The minimum Gasteiger partial charge on any atom is -0.396 e. The van der Waals surface area contributed by atoms with Crippen LogP contribution >= 0.6 is 11.6 Å². The number of aliphatic hydroxyl groups is 1. The standard InChI is InChI=1S/C9H17ClO/c10-8-6-4-2-1-3-5-7-9-11/h3,5,11H,1-2,4,6-9H2/b5-3+. The Morgan fingerprint density at radius 3 is 2.36 bits per heavy atom. The van der Waals surface area contributed by atoms with Crippen LogP contribution in [0, 0.1) is 0 Å². The second-order valence-corrected chi connectivity index (χ2v) is 2.90. The fourth-order valence-electron chi connectivity index (χ4n) is 0.844. The van der Waals surface area contributed by atoms with Gasteiger partial charge in [-0.15, -0.1) is 11.6 Å². The van der Waals surface area contributed by atoms with Crippen LogP contribution in [-0.4, -0.2) is 17.6 Å². The maximum atomic E-state index is 8.44. The van der Waals surface area contributed by atoms with Crippen LogP contribution < -0.4 is 0 Å². The molecule has 0 aliphatic heterocycles. The predicted octanol–water partition coefficient (Wildman–Crippen LogP) is 2.72. The Balaban J connectivity index is 2.89. The average molecular weight is 177 g/mol. The molecule has 0 atom stereocenters. The van der Waals surface area contributed by atoms with Gasteiger partial charge in [0.25, 0.3) is 0 Å². The van der Waals surface area contributed by atoms with Crippen LogP contribution in [0.1, 0.15) is 32.1 Å². The van der Waals surface area contributed by atoms with E-state index in [-0.39, 0.29) is 6.61 Å². The molecule has 1 N–H and O–H groups in total. The highest BCUT2D eigenvalue weighted by atomic mass is 35.5. The Bertz CT molecular complexity index is 91.6. The van der Waals surface area contributed by atoms with Gasteiger partial charge in [-0.3, -0.25) is 0 Å². The molecule has 0 aromatic rings. The molecule has 0 aromatic carbocycles. The number of halogens is 1. The second-order valence-electron chi connectivity index (χ2n) is 2.52. The van der Waals surface area contributed by atoms with E-state index < -0.39 is 0 Å². The van der Waals surface area contributed by atoms with Gasteiger partial charge in [-0.05, 0) is 25.7 Å². The normalized spacial score (nSPS) is 11.1. The minimum atomic E-state index is 0.262. The lowest BCUT2D eigenvalue weighted by molar-refractivity contribution is 0.302. The number of hydrogen-bond acceptors (Lipinski definition) is 1. The summed E-state index contributed by atoms with van der Waals surface area (Å²) in [7, 11) is 0. The molecule has 0 bridgehead atoms. The lowest BCUT2D eigenvalue weighted by atomic mass is 10.2. The Morgan fingerprint density at radius 2 is 1.73 bits per heavy atom. The first-order chi connectivity index (χ1) is 5.41. The highest BCUT2D eigenvalue weighted by molar-refractivity contribution is 6.17. The number of allylic oxidation sites excluding steroid dienone is 1. The van der Waals surface area contributed by atoms with E-state index in [1.165, 1.54) is 12.8 Å². The molecular weight excluding hydrogens is 160 g/mol. The third kappa shape index (κ3) is 9.99. The molecule has 0 radical (unpaired) electrons. The second kappa shape index (κ2) is 9.99. The summed E-state index contributed by atoms with van der Waals surface area (Å²) >= 11 is 5.51. The summed E-state index contributed by atoms with van der Waals surface area (Å²) in [6.45, 7) is 0.262. The van der Waals surface area contributed by atoms with E-state index in [1.54, 1.807) is 0 Å². The van der Waals surface area contributed by atoms with E-state index in [0.717, 1.165) is 25.1 Å². The van der Waals surface area contributed by atoms with Crippen molar-refractivity contribution < 1.29 is 5.11 Å². The van der Waals surface area contributed by atoms with Gasteiger partial charge in [0.2, 0.25) is 0 Å². The smallest absolute Gasteiger partial charge is 0.0465 e. The largest absolute Gasteiger partial charge is 0.396 e. The number of rotatable bonds is 7. The molecule has 0 saturated heterocycles.